The molecule has 5 aliphatic rings. The Labute approximate surface area is 139 Å². The first-order chi connectivity index (χ1) is 11.1. The molecule has 4 atom stereocenters. The summed E-state index contributed by atoms with van der Waals surface area (Å²) >= 11 is 0. The number of rotatable bonds is 4. The summed E-state index contributed by atoms with van der Waals surface area (Å²) in [7, 11) is 0. The summed E-state index contributed by atoms with van der Waals surface area (Å²) in [4.78, 5) is 2.96. The monoisotopic (exact) mass is 305 g/mol. The molecule has 0 aromatic heterocycles. The molecule has 0 bridgehead atoms. The van der Waals surface area contributed by atoms with Gasteiger partial charge in [-0.05, 0) is 74.5 Å². The number of aryl methyl sites for hydroxylation is 1. The molecule has 23 heavy (non-hydrogen) atoms. The van der Waals surface area contributed by atoms with Gasteiger partial charge in [-0.2, -0.15) is 0 Å². The number of hydrogen-bond donors (Lipinski definition) is 0. The van der Waals surface area contributed by atoms with Gasteiger partial charge in [0.25, 0.3) is 0 Å². The molecule has 1 heterocycles. The highest BCUT2D eigenvalue weighted by molar-refractivity contribution is 5.56. The first kappa shape index (κ1) is 13.2. The first-order valence-electron chi connectivity index (χ1n) is 9.66. The van der Waals surface area contributed by atoms with Gasteiger partial charge < -0.3 is 0 Å². The predicted octanol–water partition coefficient (Wildman–Crippen LogP) is 4.25. The maximum atomic E-state index is 4.29. The van der Waals surface area contributed by atoms with Crippen molar-refractivity contribution in [3.63, 3.8) is 0 Å². The van der Waals surface area contributed by atoms with Crippen LogP contribution in [0.5, 0.6) is 0 Å². The number of likely N-dealkylation sites (tertiary alicyclic amines) is 1. The SMILES string of the molecule is C=C(C)CC12CC34CCc5cccc(c53)CC(C41)N2CC1CC1. The Morgan fingerprint density at radius 2 is 2.13 bits per heavy atom. The lowest BCUT2D eigenvalue weighted by Crippen LogP contribution is -2.87. The summed E-state index contributed by atoms with van der Waals surface area (Å²) in [6, 6.07) is 8.00. The summed E-state index contributed by atoms with van der Waals surface area (Å²) in [5, 5.41) is 0. The molecule has 3 fully saturated rings. The molecule has 0 radical (unpaired) electrons. The van der Waals surface area contributed by atoms with Crippen molar-refractivity contribution in [2.45, 2.75) is 68.9 Å². The van der Waals surface area contributed by atoms with Gasteiger partial charge in [0.05, 0.1) is 0 Å². The van der Waals surface area contributed by atoms with Gasteiger partial charge in [0.1, 0.15) is 0 Å². The molecule has 1 heteroatoms. The van der Waals surface area contributed by atoms with Gasteiger partial charge in [-0.25, -0.2) is 0 Å². The summed E-state index contributed by atoms with van der Waals surface area (Å²) < 4.78 is 0. The van der Waals surface area contributed by atoms with Crippen LogP contribution in [0.4, 0.5) is 0 Å². The maximum absolute atomic E-state index is 4.29. The maximum Gasteiger partial charge on any atom is 0.0310 e. The Morgan fingerprint density at radius 1 is 1.30 bits per heavy atom. The standard InChI is InChI=1S/C22H27N/c1-14(2)11-22-13-21-9-8-16-4-3-5-17(19(16)21)10-18(20(21)22)23(22)12-15-6-7-15/h3-5,15,18,20H,1,6-13H2,2H3. The van der Waals surface area contributed by atoms with E-state index in [1.54, 1.807) is 11.1 Å². The van der Waals surface area contributed by atoms with Crippen molar-refractivity contribution in [3.05, 3.63) is 47.0 Å². The fourth-order valence-electron chi connectivity index (χ4n) is 7.37. The van der Waals surface area contributed by atoms with Gasteiger partial charge in [0.2, 0.25) is 0 Å². The Bertz CT molecular complexity index is 729. The second-order valence-corrected chi connectivity index (χ2v) is 9.37. The molecule has 0 amide bonds. The van der Waals surface area contributed by atoms with Crippen molar-refractivity contribution in [1.29, 1.82) is 0 Å². The van der Waals surface area contributed by atoms with Gasteiger partial charge >= 0.3 is 0 Å². The van der Waals surface area contributed by atoms with E-state index in [1.165, 1.54) is 57.1 Å². The lowest BCUT2D eigenvalue weighted by molar-refractivity contribution is -0.261. The third-order valence-electron chi connectivity index (χ3n) is 7.92. The average Bonchev–Trinajstić information content (AvgIpc) is 3.24. The highest BCUT2D eigenvalue weighted by Crippen LogP contribution is 2.74. The third kappa shape index (κ3) is 1.41. The number of nitrogens with zero attached hydrogens (tertiary/aromatic N) is 1. The Kier molecular flexibility index (Phi) is 2.27. The van der Waals surface area contributed by atoms with Crippen LogP contribution in [0.15, 0.2) is 30.4 Å². The van der Waals surface area contributed by atoms with E-state index in [0.717, 1.165) is 17.9 Å². The summed E-state index contributed by atoms with van der Waals surface area (Å²) in [6.07, 6.45) is 9.70. The highest BCUT2D eigenvalue weighted by Gasteiger charge is 2.78. The fraction of sp³-hybridized carbons (Fsp3) is 0.636. The molecular weight excluding hydrogens is 278 g/mol. The van der Waals surface area contributed by atoms with Crippen LogP contribution in [-0.2, 0) is 18.3 Å². The zero-order chi connectivity index (χ0) is 15.4. The fourth-order valence-corrected chi connectivity index (χ4v) is 7.37. The second kappa shape index (κ2) is 3.94. The Morgan fingerprint density at radius 3 is 2.91 bits per heavy atom. The Hall–Kier alpha value is -1.08. The van der Waals surface area contributed by atoms with E-state index in [4.69, 9.17) is 0 Å². The Balaban J connectivity index is 1.45. The molecular formula is C22H27N. The molecule has 1 spiro atoms. The molecule has 1 aromatic rings. The second-order valence-electron chi connectivity index (χ2n) is 9.37. The number of hydrogen-bond acceptors (Lipinski definition) is 1. The number of benzene rings is 1. The molecule has 2 saturated carbocycles. The molecule has 0 N–H and O–H groups in total. The molecule has 1 aliphatic heterocycles. The summed E-state index contributed by atoms with van der Waals surface area (Å²) in [5.74, 6) is 1.94. The average molecular weight is 305 g/mol. The van der Waals surface area contributed by atoms with Crippen molar-refractivity contribution < 1.29 is 0 Å². The van der Waals surface area contributed by atoms with Gasteiger partial charge in [-0.3, -0.25) is 4.90 Å². The van der Waals surface area contributed by atoms with Crippen LogP contribution in [0, 0.1) is 11.8 Å². The van der Waals surface area contributed by atoms with Crippen LogP contribution in [0.1, 0.15) is 55.7 Å². The quantitative estimate of drug-likeness (QED) is 0.752. The molecule has 1 aromatic carbocycles. The van der Waals surface area contributed by atoms with Crippen LogP contribution < -0.4 is 0 Å². The molecule has 4 unspecified atom stereocenters. The van der Waals surface area contributed by atoms with Crippen LogP contribution in [0.25, 0.3) is 0 Å². The molecule has 1 saturated heterocycles. The van der Waals surface area contributed by atoms with E-state index in [0.29, 0.717) is 11.0 Å². The lowest BCUT2D eigenvalue weighted by atomic mass is 9.36. The lowest BCUT2D eigenvalue weighted by Gasteiger charge is -2.80. The van der Waals surface area contributed by atoms with Crippen LogP contribution in [0.3, 0.4) is 0 Å². The zero-order valence-corrected chi connectivity index (χ0v) is 14.3. The van der Waals surface area contributed by atoms with E-state index in [9.17, 15) is 0 Å². The van der Waals surface area contributed by atoms with Crippen LogP contribution >= 0.6 is 0 Å². The highest BCUT2D eigenvalue weighted by atomic mass is 15.3. The van der Waals surface area contributed by atoms with Crippen LogP contribution in [-0.4, -0.2) is 23.0 Å². The van der Waals surface area contributed by atoms with Crippen molar-refractivity contribution >= 4 is 0 Å². The summed E-state index contributed by atoms with van der Waals surface area (Å²) in [5.41, 5.74) is 7.65. The van der Waals surface area contributed by atoms with Crippen molar-refractivity contribution in [2.75, 3.05) is 6.54 Å². The minimum Gasteiger partial charge on any atom is -0.293 e. The van der Waals surface area contributed by atoms with Crippen molar-refractivity contribution in [1.82, 2.24) is 4.90 Å². The van der Waals surface area contributed by atoms with E-state index < -0.39 is 0 Å². The van der Waals surface area contributed by atoms with Crippen molar-refractivity contribution in [2.24, 2.45) is 11.8 Å². The smallest absolute Gasteiger partial charge is 0.0310 e. The normalized spacial score (nSPS) is 42.5. The van der Waals surface area contributed by atoms with Crippen molar-refractivity contribution in [3.8, 4) is 0 Å². The van der Waals surface area contributed by atoms with E-state index >= 15 is 0 Å². The third-order valence-corrected chi connectivity index (χ3v) is 7.92. The molecule has 4 aliphatic carbocycles. The summed E-state index contributed by atoms with van der Waals surface area (Å²) in [6.45, 7) is 7.92. The van der Waals surface area contributed by atoms with Gasteiger partial charge in [-0.15, -0.1) is 6.58 Å². The molecule has 1 nitrogen and oxygen atoms in total. The van der Waals surface area contributed by atoms with E-state index in [1.807, 2.05) is 5.56 Å². The number of piperidine rings is 1. The zero-order valence-electron chi connectivity index (χ0n) is 14.3. The predicted molar refractivity (Wildman–Crippen MR) is 93.6 cm³/mol. The van der Waals surface area contributed by atoms with Gasteiger partial charge in [0.15, 0.2) is 0 Å². The van der Waals surface area contributed by atoms with Gasteiger partial charge in [-0.1, -0.05) is 23.8 Å². The van der Waals surface area contributed by atoms with Crippen LogP contribution in [0.2, 0.25) is 0 Å². The molecule has 120 valence electrons. The van der Waals surface area contributed by atoms with E-state index in [2.05, 4.69) is 36.6 Å². The topological polar surface area (TPSA) is 3.24 Å². The minimum absolute atomic E-state index is 0.494. The minimum atomic E-state index is 0.494. The largest absolute Gasteiger partial charge is 0.293 e. The van der Waals surface area contributed by atoms with Gasteiger partial charge in [0, 0.05) is 29.5 Å². The first-order valence-corrected chi connectivity index (χ1v) is 9.66. The van der Waals surface area contributed by atoms with E-state index in [-0.39, 0.29) is 0 Å². The molecule has 6 rings (SSSR count).